The Labute approximate surface area is 167 Å². The number of halogens is 1. The molecule has 0 amide bonds. The maximum atomic E-state index is 13.4. The minimum absolute atomic E-state index is 0.474. The van der Waals surface area contributed by atoms with Gasteiger partial charge in [0.1, 0.15) is 0 Å². The van der Waals surface area contributed by atoms with Crippen LogP contribution in [0.5, 0.6) is 0 Å². The van der Waals surface area contributed by atoms with Crippen LogP contribution < -0.4 is 3.71 Å². The first-order valence-electron chi connectivity index (χ1n) is 9.96. The van der Waals surface area contributed by atoms with E-state index in [9.17, 15) is 4.39 Å². The van der Waals surface area contributed by atoms with Crippen LogP contribution in [0, 0.1) is 5.95 Å². The van der Waals surface area contributed by atoms with Gasteiger partial charge in [-0.1, -0.05) is 0 Å². The van der Waals surface area contributed by atoms with E-state index in [0.717, 1.165) is 3.71 Å². The fourth-order valence-electron chi connectivity index (χ4n) is 3.34. The van der Waals surface area contributed by atoms with Crippen molar-refractivity contribution < 1.29 is 4.39 Å². The van der Waals surface area contributed by atoms with Crippen LogP contribution in [0.4, 0.5) is 4.39 Å². The van der Waals surface area contributed by atoms with Crippen LogP contribution in [0.15, 0.2) is 24.4 Å². The van der Waals surface area contributed by atoms with Crippen molar-refractivity contribution in [3.05, 3.63) is 30.3 Å². The third-order valence-electron chi connectivity index (χ3n) is 4.85. The molecule has 0 atom stereocenters. The van der Waals surface area contributed by atoms with Gasteiger partial charge in [0.25, 0.3) is 0 Å². The molecule has 0 aliphatic rings. The SMILES string of the molecule is CCCC[C](CCCC)(CCCC)[Sn][c]1cn(-c2cccc(F)n2)nn1. The van der Waals surface area contributed by atoms with Gasteiger partial charge < -0.3 is 0 Å². The Hall–Kier alpha value is -0.981. The zero-order valence-corrected chi connectivity index (χ0v) is 19.2. The summed E-state index contributed by atoms with van der Waals surface area (Å²) in [6.07, 6.45) is 13.6. The average Bonchev–Trinajstić information content (AvgIpc) is 3.11. The summed E-state index contributed by atoms with van der Waals surface area (Å²) in [5.74, 6) is 0.0205. The van der Waals surface area contributed by atoms with Gasteiger partial charge in [-0.3, -0.25) is 0 Å². The second-order valence-corrected chi connectivity index (χ2v) is 12.3. The summed E-state index contributed by atoms with van der Waals surface area (Å²) in [6.45, 7) is 6.84. The van der Waals surface area contributed by atoms with Crippen LogP contribution in [-0.4, -0.2) is 41.1 Å². The van der Waals surface area contributed by atoms with Crippen molar-refractivity contribution in [1.29, 1.82) is 0 Å². The molecule has 2 aromatic heterocycles. The number of rotatable bonds is 12. The Morgan fingerprint density at radius 3 is 2.15 bits per heavy atom. The fourth-order valence-corrected chi connectivity index (χ4v) is 8.28. The Balaban J connectivity index is 2.20. The Morgan fingerprint density at radius 2 is 1.62 bits per heavy atom. The zero-order chi connectivity index (χ0) is 18.8. The minimum atomic E-state index is -0.916. The van der Waals surface area contributed by atoms with E-state index in [1.807, 2.05) is 6.20 Å². The van der Waals surface area contributed by atoms with Crippen LogP contribution >= 0.6 is 0 Å². The monoisotopic (exact) mass is 466 g/mol. The molecule has 2 aromatic rings. The van der Waals surface area contributed by atoms with E-state index in [1.165, 1.54) is 63.9 Å². The summed E-state index contributed by atoms with van der Waals surface area (Å²) >= 11 is -0.916. The molecule has 4 nitrogen and oxygen atoms in total. The molecule has 0 N–H and O–H groups in total. The summed E-state index contributed by atoms with van der Waals surface area (Å²) in [5, 5.41) is 8.69. The summed E-state index contributed by atoms with van der Waals surface area (Å²) in [4.78, 5) is 3.91. The molecule has 142 valence electrons. The van der Waals surface area contributed by atoms with Crippen LogP contribution in [-0.2, 0) is 0 Å². The van der Waals surface area contributed by atoms with E-state index in [4.69, 9.17) is 0 Å². The number of hydrogen-bond donors (Lipinski definition) is 0. The molecule has 2 radical (unpaired) electrons. The molecule has 0 fully saturated rings. The third kappa shape index (κ3) is 6.32. The number of aromatic nitrogens is 4. The van der Waals surface area contributed by atoms with Gasteiger partial charge in [-0.2, -0.15) is 0 Å². The van der Waals surface area contributed by atoms with Crippen LogP contribution in [0.1, 0.15) is 78.6 Å². The van der Waals surface area contributed by atoms with Crippen molar-refractivity contribution in [1.82, 2.24) is 20.0 Å². The zero-order valence-electron chi connectivity index (χ0n) is 16.3. The van der Waals surface area contributed by atoms with Gasteiger partial charge in [-0.15, -0.1) is 0 Å². The van der Waals surface area contributed by atoms with Gasteiger partial charge in [0.2, 0.25) is 0 Å². The Kier molecular flexibility index (Phi) is 9.02. The first-order chi connectivity index (χ1) is 12.6. The second kappa shape index (κ2) is 11.0. The summed E-state index contributed by atoms with van der Waals surface area (Å²) in [6, 6.07) is 4.78. The van der Waals surface area contributed by atoms with E-state index in [1.54, 1.807) is 16.8 Å². The van der Waals surface area contributed by atoms with Crippen LogP contribution in [0.25, 0.3) is 5.82 Å². The summed E-state index contributed by atoms with van der Waals surface area (Å²) in [7, 11) is 0. The second-order valence-electron chi connectivity index (χ2n) is 7.08. The molecule has 0 saturated carbocycles. The molecule has 0 aromatic carbocycles. The van der Waals surface area contributed by atoms with Crippen molar-refractivity contribution >= 4 is 24.9 Å². The number of hydrogen-bond acceptors (Lipinski definition) is 3. The molecule has 2 heterocycles. The van der Waals surface area contributed by atoms with Gasteiger partial charge >= 0.3 is 167 Å². The molecule has 2 rings (SSSR count). The Bertz CT molecular complexity index is 637. The summed E-state index contributed by atoms with van der Waals surface area (Å²) in [5.41, 5.74) is 0. The van der Waals surface area contributed by atoms with E-state index < -0.39 is 27.1 Å². The molecule has 0 bridgehead atoms. The predicted molar refractivity (Wildman–Crippen MR) is 106 cm³/mol. The maximum absolute atomic E-state index is 13.4. The normalized spacial score (nSPS) is 11.8. The molecule has 0 aliphatic carbocycles. The molecular formula is C20H31FN4Sn. The molecule has 0 spiro atoms. The number of pyridine rings is 1. The molecule has 26 heavy (non-hydrogen) atoms. The van der Waals surface area contributed by atoms with E-state index in [-0.39, 0.29) is 0 Å². The predicted octanol–water partition coefficient (Wildman–Crippen LogP) is 4.86. The van der Waals surface area contributed by atoms with Crippen LogP contribution in [0.3, 0.4) is 0 Å². The molecule has 0 aliphatic heterocycles. The fraction of sp³-hybridized carbons (Fsp3) is 0.650. The van der Waals surface area contributed by atoms with Crippen molar-refractivity contribution in [2.24, 2.45) is 0 Å². The molecule has 0 unspecified atom stereocenters. The van der Waals surface area contributed by atoms with E-state index >= 15 is 0 Å². The molecule has 6 heteroatoms. The van der Waals surface area contributed by atoms with E-state index in [2.05, 4.69) is 36.1 Å². The molecular weight excluding hydrogens is 434 g/mol. The Morgan fingerprint density at radius 1 is 1.00 bits per heavy atom. The topological polar surface area (TPSA) is 43.6 Å². The van der Waals surface area contributed by atoms with Gasteiger partial charge in [0.05, 0.1) is 0 Å². The first-order valence-corrected chi connectivity index (χ1v) is 12.8. The van der Waals surface area contributed by atoms with Gasteiger partial charge in [-0.25, -0.2) is 0 Å². The third-order valence-corrected chi connectivity index (χ3v) is 9.89. The van der Waals surface area contributed by atoms with Gasteiger partial charge in [0.15, 0.2) is 0 Å². The summed E-state index contributed by atoms with van der Waals surface area (Å²) < 4.78 is 16.6. The van der Waals surface area contributed by atoms with E-state index in [0.29, 0.717) is 9.25 Å². The van der Waals surface area contributed by atoms with Gasteiger partial charge in [0, 0.05) is 0 Å². The number of unbranched alkanes of at least 4 members (excludes halogenated alkanes) is 3. The van der Waals surface area contributed by atoms with Crippen LogP contribution in [0.2, 0.25) is 3.43 Å². The van der Waals surface area contributed by atoms with Crippen molar-refractivity contribution in [3.8, 4) is 5.82 Å². The van der Waals surface area contributed by atoms with Gasteiger partial charge in [-0.05, 0) is 0 Å². The molecule has 0 saturated heterocycles. The number of nitrogens with zero attached hydrogens (tertiary/aromatic N) is 4. The van der Waals surface area contributed by atoms with Crippen molar-refractivity contribution in [2.45, 2.75) is 82.0 Å². The quantitative estimate of drug-likeness (QED) is 0.332. The average molecular weight is 465 g/mol. The van der Waals surface area contributed by atoms with Crippen molar-refractivity contribution in [2.75, 3.05) is 0 Å². The first kappa shape index (κ1) is 21.3. The standard InChI is InChI=1S/C13H27.C7H4FN4.Sn/c1-4-7-10-13(11-8-5-2)12-9-6-3;8-6-2-1-3-7(10-6)12-5-4-9-11-12;/h4-12H2,1-3H3;1-3,5H;. The van der Waals surface area contributed by atoms with Crippen molar-refractivity contribution in [3.63, 3.8) is 0 Å².